The van der Waals surface area contributed by atoms with Crippen LogP contribution in [0.3, 0.4) is 0 Å². The molecule has 1 aromatic heterocycles. The maximum absolute atomic E-state index is 4.58. The van der Waals surface area contributed by atoms with E-state index in [1.165, 1.54) is 19.4 Å². The Hall–Kier alpha value is -1.36. The van der Waals surface area contributed by atoms with Crippen molar-refractivity contribution in [1.82, 2.24) is 14.9 Å². The van der Waals surface area contributed by atoms with Gasteiger partial charge in [-0.2, -0.15) is 4.98 Å². The maximum Gasteiger partial charge on any atom is 0.224 e. The molecular formula is C14H25N5. The second kappa shape index (κ2) is 6.70. The second-order valence-electron chi connectivity index (χ2n) is 5.40. The van der Waals surface area contributed by atoms with E-state index in [0.717, 1.165) is 36.8 Å². The van der Waals surface area contributed by atoms with Crippen LogP contribution < -0.4 is 10.6 Å². The summed E-state index contributed by atoms with van der Waals surface area (Å²) in [5, 5.41) is 6.80. The van der Waals surface area contributed by atoms with Crippen molar-refractivity contribution in [3.8, 4) is 0 Å². The Balaban J connectivity index is 2.01. The van der Waals surface area contributed by atoms with Gasteiger partial charge in [-0.05, 0) is 39.8 Å². The molecule has 1 atom stereocenters. The molecule has 1 aromatic rings. The molecule has 0 bridgehead atoms. The van der Waals surface area contributed by atoms with Gasteiger partial charge in [-0.1, -0.05) is 6.92 Å². The molecular weight excluding hydrogens is 238 g/mol. The van der Waals surface area contributed by atoms with Gasteiger partial charge in [0.15, 0.2) is 0 Å². The fourth-order valence-corrected chi connectivity index (χ4v) is 2.39. The zero-order valence-corrected chi connectivity index (χ0v) is 12.2. The number of nitrogens with one attached hydrogen (secondary N) is 2. The van der Waals surface area contributed by atoms with E-state index < -0.39 is 0 Å². The number of nitrogens with zero attached hydrogens (tertiary/aromatic N) is 3. The summed E-state index contributed by atoms with van der Waals surface area (Å²) in [6.45, 7) is 7.39. The van der Waals surface area contributed by atoms with Gasteiger partial charge in [0, 0.05) is 30.9 Å². The molecule has 0 radical (unpaired) electrons. The minimum atomic E-state index is 0.492. The molecule has 5 heteroatoms. The van der Waals surface area contributed by atoms with Gasteiger partial charge in [0.2, 0.25) is 5.95 Å². The number of rotatable bonds is 5. The highest BCUT2D eigenvalue weighted by atomic mass is 15.2. The van der Waals surface area contributed by atoms with Crippen LogP contribution in [0.15, 0.2) is 6.20 Å². The molecule has 1 saturated heterocycles. The molecule has 2 heterocycles. The van der Waals surface area contributed by atoms with E-state index in [-0.39, 0.29) is 0 Å². The summed E-state index contributed by atoms with van der Waals surface area (Å²) >= 11 is 0. The summed E-state index contributed by atoms with van der Waals surface area (Å²) in [4.78, 5) is 11.3. The van der Waals surface area contributed by atoms with Gasteiger partial charge in [0.25, 0.3) is 0 Å². The minimum Gasteiger partial charge on any atom is -0.366 e. The lowest BCUT2D eigenvalue weighted by Crippen LogP contribution is -2.40. The fourth-order valence-electron chi connectivity index (χ4n) is 2.39. The number of hydrogen-bond acceptors (Lipinski definition) is 5. The minimum absolute atomic E-state index is 0.492. The van der Waals surface area contributed by atoms with Crippen molar-refractivity contribution in [3.63, 3.8) is 0 Å². The van der Waals surface area contributed by atoms with Crippen molar-refractivity contribution in [2.75, 3.05) is 37.3 Å². The van der Waals surface area contributed by atoms with Gasteiger partial charge in [0.1, 0.15) is 5.82 Å². The van der Waals surface area contributed by atoms with Gasteiger partial charge in [-0.3, -0.25) is 0 Å². The summed E-state index contributed by atoms with van der Waals surface area (Å²) in [7, 11) is 2.18. The predicted molar refractivity (Wildman–Crippen MR) is 79.7 cm³/mol. The van der Waals surface area contributed by atoms with E-state index in [9.17, 15) is 0 Å². The summed E-state index contributed by atoms with van der Waals surface area (Å²) in [5.41, 5.74) is 1.11. The Kier molecular flexibility index (Phi) is 4.96. The first-order chi connectivity index (χ1) is 9.19. The highest BCUT2D eigenvalue weighted by molar-refractivity contribution is 5.47. The second-order valence-corrected chi connectivity index (χ2v) is 5.40. The van der Waals surface area contributed by atoms with Gasteiger partial charge >= 0.3 is 0 Å². The Morgan fingerprint density at radius 2 is 2.32 bits per heavy atom. The number of aryl methyl sites for hydroxylation is 1. The third kappa shape index (κ3) is 4.06. The van der Waals surface area contributed by atoms with Crippen LogP contribution in [0.2, 0.25) is 0 Å². The Morgan fingerprint density at radius 1 is 1.47 bits per heavy atom. The standard InChI is InChI=1S/C14H25N5/c1-4-7-15-14-16-9-11(2)13(18-14)17-12-6-5-8-19(3)10-12/h9,12H,4-8,10H2,1-3H3,(H2,15,16,17,18). The van der Waals surface area contributed by atoms with Crippen LogP contribution in [0.1, 0.15) is 31.7 Å². The monoisotopic (exact) mass is 263 g/mol. The Bertz CT molecular complexity index is 407. The highest BCUT2D eigenvalue weighted by Gasteiger charge is 2.18. The molecule has 106 valence electrons. The average molecular weight is 263 g/mol. The normalized spacial score (nSPS) is 20.3. The van der Waals surface area contributed by atoms with Crippen LogP contribution in [0.4, 0.5) is 11.8 Å². The molecule has 0 spiro atoms. The average Bonchev–Trinajstić information content (AvgIpc) is 2.40. The zero-order valence-electron chi connectivity index (χ0n) is 12.2. The van der Waals surface area contributed by atoms with E-state index in [1.807, 2.05) is 6.20 Å². The molecule has 0 amide bonds. The molecule has 0 saturated carbocycles. The number of aromatic nitrogens is 2. The van der Waals surface area contributed by atoms with Crippen LogP contribution in [0.25, 0.3) is 0 Å². The van der Waals surface area contributed by atoms with Gasteiger partial charge < -0.3 is 15.5 Å². The topological polar surface area (TPSA) is 53.1 Å². The van der Waals surface area contributed by atoms with Crippen LogP contribution in [-0.2, 0) is 0 Å². The van der Waals surface area contributed by atoms with Gasteiger partial charge in [-0.25, -0.2) is 4.98 Å². The van der Waals surface area contributed by atoms with Crippen molar-refractivity contribution >= 4 is 11.8 Å². The summed E-state index contributed by atoms with van der Waals surface area (Å²) in [5.74, 6) is 1.69. The third-order valence-corrected chi connectivity index (χ3v) is 3.47. The molecule has 1 fully saturated rings. The summed E-state index contributed by atoms with van der Waals surface area (Å²) in [6, 6.07) is 0.492. The number of anilines is 2. The van der Waals surface area contributed by atoms with Crippen molar-refractivity contribution in [3.05, 3.63) is 11.8 Å². The van der Waals surface area contributed by atoms with Gasteiger partial charge in [0.05, 0.1) is 0 Å². The largest absolute Gasteiger partial charge is 0.366 e. The van der Waals surface area contributed by atoms with Crippen molar-refractivity contribution in [1.29, 1.82) is 0 Å². The number of piperidine rings is 1. The first-order valence-corrected chi connectivity index (χ1v) is 7.21. The SMILES string of the molecule is CCCNc1ncc(C)c(NC2CCCN(C)C2)n1. The van der Waals surface area contributed by atoms with E-state index >= 15 is 0 Å². The number of likely N-dealkylation sites (tertiary alicyclic amines) is 1. The molecule has 5 nitrogen and oxygen atoms in total. The lowest BCUT2D eigenvalue weighted by molar-refractivity contribution is 0.260. The summed E-state index contributed by atoms with van der Waals surface area (Å²) < 4.78 is 0. The third-order valence-electron chi connectivity index (χ3n) is 3.47. The van der Waals surface area contributed by atoms with E-state index in [0.29, 0.717) is 6.04 Å². The quantitative estimate of drug-likeness (QED) is 0.852. The molecule has 2 rings (SSSR count). The predicted octanol–water partition coefficient (Wildman–Crippen LogP) is 2.11. The van der Waals surface area contributed by atoms with Crippen LogP contribution >= 0.6 is 0 Å². The highest BCUT2D eigenvalue weighted by Crippen LogP contribution is 2.17. The van der Waals surface area contributed by atoms with Crippen LogP contribution in [0, 0.1) is 6.92 Å². The molecule has 1 unspecified atom stereocenters. The van der Waals surface area contributed by atoms with E-state index in [2.05, 4.69) is 46.4 Å². The number of hydrogen-bond donors (Lipinski definition) is 2. The van der Waals surface area contributed by atoms with E-state index in [4.69, 9.17) is 0 Å². The Morgan fingerprint density at radius 3 is 3.05 bits per heavy atom. The van der Waals surface area contributed by atoms with E-state index in [1.54, 1.807) is 0 Å². The maximum atomic E-state index is 4.58. The lowest BCUT2D eigenvalue weighted by Gasteiger charge is -2.30. The Labute approximate surface area is 115 Å². The molecule has 1 aliphatic rings. The molecule has 19 heavy (non-hydrogen) atoms. The van der Waals surface area contributed by atoms with Crippen molar-refractivity contribution in [2.45, 2.75) is 39.2 Å². The molecule has 0 aliphatic carbocycles. The van der Waals surface area contributed by atoms with Crippen molar-refractivity contribution < 1.29 is 0 Å². The first-order valence-electron chi connectivity index (χ1n) is 7.21. The van der Waals surface area contributed by atoms with Crippen LogP contribution in [0.5, 0.6) is 0 Å². The van der Waals surface area contributed by atoms with Gasteiger partial charge in [-0.15, -0.1) is 0 Å². The lowest BCUT2D eigenvalue weighted by atomic mass is 10.1. The zero-order chi connectivity index (χ0) is 13.7. The first kappa shape index (κ1) is 14.1. The smallest absolute Gasteiger partial charge is 0.224 e. The number of likely N-dealkylation sites (N-methyl/N-ethyl adjacent to an activating group) is 1. The van der Waals surface area contributed by atoms with Crippen molar-refractivity contribution in [2.24, 2.45) is 0 Å². The molecule has 1 aliphatic heterocycles. The molecule has 2 N–H and O–H groups in total. The fraction of sp³-hybridized carbons (Fsp3) is 0.714. The van der Waals surface area contributed by atoms with Crippen LogP contribution in [-0.4, -0.2) is 47.6 Å². The summed E-state index contributed by atoms with van der Waals surface area (Å²) in [6.07, 6.45) is 5.43. The molecule has 0 aromatic carbocycles.